The molecule has 3 nitrogen and oxygen atoms in total. The molecule has 1 saturated heterocycles. The number of likely N-dealkylation sites (tertiary alicyclic amines) is 1. The number of piperidine rings is 1. The summed E-state index contributed by atoms with van der Waals surface area (Å²) in [5.74, 6) is -0.559. The Kier molecular flexibility index (Phi) is 4.35. The van der Waals surface area contributed by atoms with Crippen LogP contribution in [0.15, 0.2) is 22.7 Å². The number of nitrogens with zero attached hydrogens (tertiary/aromatic N) is 1. The zero-order chi connectivity index (χ0) is 13.1. The molecule has 0 aliphatic carbocycles. The van der Waals surface area contributed by atoms with Gasteiger partial charge in [0.05, 0.1) is 11.6 Å². The molecule has 1 heterocycles. The van der Waals surface area contributed by atoms with Crippen LogP contribution >= 0.6 is 15.9 Å². The monoisotopic (exact) mass is 314 g/mol. The summed E-state index contributed by atoms with van der Waals surface area (Å²) in [7, 11) is 2.00. The third-order valence-corrected chi connectivity index (χ3v) is 3.68. The van der Waals surface area contributed by atoms with Crippen molar-refractivity contribution < 1.29 is 9.18 Å². The van der Waals surface area contributed by atoms with Gasteiger partial charge in [0.15, 0.2) is 0 Å². The van der Waals surface area contributed by atoms with Gasteiger partial charge in [-0.3, -0.25) is 4.79 Å². The van der Waals surface area contributed by atoms with Crippen LogP contribution in [-0.2, 0) is 4.79 Å². The molecule has 0 unspecified atom stereocenters. The SMILES string of the molecule is CN1CCC[C@H](C(=O)Nc2ccc(Br)cc2F)C1. The van der Waals surface area contributed by atoms with Crippen molar-refractivity contribution in [2.45, 2.75) is 12.8 Å². The fourth-order valence-corrected chi connectivity index (χ4v) is 2.54. The summed E-state index contributed by atoms with van der Waals surface area (Å²) in [5, 5.41) is 2.67. The minimum absolute atomic E-state index is 0.0493. The highest BCUT2D eigenvalue weighted by atomic mass is 79.9. The number of carbonyl (C=O) groups is 1. The van der Waals surface area contributed by atoms with E-state index in [2.05, 4.69) is 26.1 Å². The van der Waals surface area contributed by atoms with Crippen LogP contribution in [0.4, 0.5) is 10.1 Å². The highest BCUT2D eigenvalue weighted by Crippen LogP contribution is 2.22. The summed E-state index contributed by atoms with van der Waals surface area (Å²) < 4.78 is 14.3. The van der Waals surface area contributed by atoms with Crippen LogP contribution in [0.1, 0.15) is 12.8 Å². The fourth-order valence-electron chi connectivity index (χ4n) is 2.21. The Bertz CT molecular complexity index is 453. The second-order valence-corrected chi connectivity index (χ2v) is 5.63. The summed E-state index contributed by atoms with van der Waals surface area (Å²) in [6, 6.07) is 4.64. The molecule has 1 aromatic rings. The molecule has 0 bridgehead atoms. The van der Waals surface area contributed by atoms with E-state index in [4.69, 9.17) is 0 Å². The summed E-state index contributed by atoms with van der Waals surface area (Å²) in [5.41, 5.74) is 0.247. The Hall–Kier alpha value is -0.940. The zero-order valence-corrected chi connectivity index (χ0v) is 11.8. The van der Waals surface area contributed by atoms with Crippen molar-refractivity contribution in [2.75, 3.05) is 25.5 Å². The van der Waals surface area contributed by atoms with Crippen molar-refractivity contribution in [1.82, 2.24) is 4.90 Å². The molecule has 0 spiro atoms. The third kappa shape index (κ3) is 3.29. The van der Waals surface area contributed by atoms with Gasteiger partial charge in [0, 0.05) is 11.0 Å². The van der Waals surface area contributed by atoms with Crippen molar-refractivity contribution in [3.8, 4) is 0 Å². The highest BCUT2D eigenvalue weighted by molar-refractivity contribution is 9.10. The van der Waals surface area contributed by atoms with E-state index in [0.717, 1.165) is 25.9 Å². The van der Waals surface area contributed by atoms with E-state index in [1.807, 2.05) is 7.05 Å². The number of amides is 1. The third-order valence-electron chi connectivity index (χ3n) is 3.18. The van der Waals surface area contributed by atoms with E-state index in [-0.39, 0.29) is 17.5 Å². The number of carbonyl (C=O) groups excluding carboxylic acids is 1. The van der Waals surface area contributed by atoms with Crippen LogP contribution in [-0.4, -0.2) is 30.9 Å². The number of rotatable bonds is 2. The zero-order valence-electron chi connectivity index (χ0n) is 10.2. The molecule has 0 saturated carbocycles. The van der Waals surface area contributed by atoms with Gasteiger partial charge in [0.1, 0.15) is 5.82 Å². The van der Waals surface area contributed by atoms with E-state index in [1.54, 1.807) is 12.1 Å². The molecule has 1 amide bonds. The lowest BCUT2D eigenvalue weighted by Gasteiger charge is -2.28. The quantitative estimate of drug-likeness (QED) is 0.910. The normalized spacial score (nSPS) is 20.7. The smallest absolute Gasteiger partial charge is 0.228 e. The van der Waals surface area contributed by atoms with Crippen LogP contribution in [0.25, 0.3) is 0 Å². The van der Waals surface area contributed by atoms with E-state index in [1.165, 1.54) is 6.07 Å². The van der Waals surface area contributed by atoms with Gasteiger partial charge in [-0.25, -0.2) is 4.39 Å². The number of anilines is 1. The van der Waals surface area contributed by atoms with Crippen molar-refractivity contribution in [2.24, 2.45) is 5.92 Å². The minimum atomic E-state index is -0.415. The Balaban J connectivity index is 2.02. The minimum Gasteiger partial charge on any atom is -0.323 e. The summed E-state index contributed by atoms with van der Waals surface area (Å²) in [6.45, 7) is 1.76. The molecule has 1 aliphatic rings. The number of hydrogen-bond acceptors (Lipinski definition) is 2. The second-order valence-electron chi connectivity index (χ2n) is 4.71. The van der Waals surface area contributed by atoms with Gasteiger partial charge < -0.3 is 10.2 Å². The lowest BCUT2D eigenvalue weighted by molar-refractivity contribution is -0.121. The first-order chi connectivity index (χ1) is 8.56. The van der Waals surface area contributed by atoms with Gasteiger partial charge in [0.25, 0.3) is 0 Å². The lowest BCUT2D eigenvalue weighted by Crippen LogP contribution is -2.38. The molecule has 1 aliphatic heterocycles. The summed E-state index contributed by atoms with van der Waals surface area (Å²) >= 11 is 3.19. The van der Waals surface area contributed by atoms with Gasteiger partial charge in [0.2, 0.25) is 5.91 Å². The molecule has 0 aromatic heterocycles. The first kappa shape index (κ1) is 13.5. The molecule has 1 N–H and O–H groups in total. The number of halogens is 2. The highest BCUT2D eigenvalue weighted by Gasteiger charge is 2.24. The molecular weight excluding hydrogens is 299 g/mol. The van der Waals surface area contributed by atoms with Crippen LogP contribution in [0.2, 0.25) is 0 Å². The van der Waals surface area contributed by atoms with Crippen molar-refractivity contribution >= 4 is 27.5 Å². The van der Waals surface area contributed by atoms with Crippen LogP contribution in [0.5, 0.6) is 0 Å². The Labute approximate surface area is 114 Å². The molecule has 1 aromatic carbocycles. The summed E-state index contributed by atoms with van der Waals surface area (Å²) in [4.78, 5) is 14.2. The standard InChI is InChI=1S/C13H16BrFN2O/c1-17-6-2-3-9(8-17)13(18)16-12-5-4-10(14)7-11(12)15/h4-5,7,9H,2-3,6,8H2,1H3,(H,16,18)/t9-/m0/s1. The Morgan fingerprint density at radius 1 is 1.56 bits per heavy atom. The van der Waals surface area contributed by atoms with Gasteiger partial charge in [-0.1, -0.05) is 15.9 Å². The summed E-state index contributed by atoms with van der Waals surface area (Å²) in [6.07, 6.45) is 1.88. The number of nitrogens with one attached hydrogen (secondary N) is 1. The van der Waals surface area contributed by atoms with Crippen LogP contribution in [0.3, 0.4) is 0 Å². The van der Waals surface area contributed by atoms with E-state index in [9.17, 15) is 9.18 Å². The molecule has 1 fully saturated rings. The first-order valence-electron chi connectivity index (χ1n) is 6.00. The molecular formula is C13H16BrFN2O. The second kappa shape index (κ2) is 5.80. The first-order valence-corrected chi connectivity index (χ1v) is 6.80. The van der Waals surface area contributed by atoms with Gasteiger partial charge in [-0.15, -0.1) is 0 Å². The lowest BCUT2D eigenvalue weighted by atomic mass is 9.97. The predicted molar refractivity (Wildman–Crippen MR) is 73.0 cm³/mol. The molecule has 5 heteroatoms. The number of hydrogen-bond donors (Lipinski definition) is 1. The topological polar surface area (TPSA) is 32.3 Å². The maximum atomic E-state index is 13.6. The van der Waals surface area contributed by atoms with E-state index >= 15 is 0 Å². The van der Waals surface area contributed by atoms with Crippen molar-refractivity contribution in [3.05, 3.63) is 28.5 Å². The number of benzene rings is 1. The molecule has 2 rings (SSSR count). The molecule has 1 atom stereocenters. The Morgan fingerprint density at radius 2 is 2.33 bits per heavy atom. The average Bonchev–Trinajstić information content (AvgIpc) is 2.32. The van der Waals surface area contributed by atoms with Crippen LogP contribution in [0, 0.1) is 11.7 Å². The van der Waals surface area contributed by atoms with E-state index < -0.39 is 5.82 Å². The van der Waals surface area contributed by atoms with Gasteiger partial charge >= 0.3 is 0 Å². The average molecular weight is 315 g/mol. The van der Waals surface area contributed by atoms with Crippen molar-refractivity contribution in [3.63, 3.8) is 0 Å². The molecule has 18 heavy (non-hydrogen) atoms. The predicted octanol–water partition coefficient (Wildman–Crippen LogP) is 2.87. The van der Waals surface area contributed by atoms with Crippen molar-refractivity contribution in [1.29, 1.82) is 0 Å². The van der Waals surface area contributed by atoms with Crippen LogP contribution < -0.4 is 5.32 Å². The van der Waals surface area contributed by atoms with Gasteiger partial charge in [-0.2, -0.15) is 0 Å². The van der Waals surface area contributed by atoms with Gasteiger partial charge in [-0.05, 0) is 44.6 Å². The molecule has 98 valence electrons. The molecule has 0 radical (unpaired) electrons. The van der Waals surface area contributed by atoms with E-state index in [0.29, 0.717) is 4.47 Å². The largest absolute Gasteiger partial charge is 0.323 e. The Morgan fingerprint density at radius 3 is 3.00 bits per heavy atom. The maximum absolute atomic E-state index is 13.6. The maximum Gasteiger partial charge on any atom is 0.228 e. The fraction of sp³-hybridized carbons (Fsp3) is 0.462.